The Bertz CT molecular complexity index is 1380. The Morgan fingerprint density at radius 3 is 2.64 bits per heavy atom. The first kappa shape index (κ1) is 21.6. The van der Waals surface area contributed by atoms with Crippen molar-refractivity contribution in [3.05, 3.63) is 105 Å². The monoisotopic (exact) mass is 441 g/mol. The molecule has 1 aliphatic heterocycles. The summed E-state index contributed by atoms with van der Waals surface area (Å²) in [6.07, 6.45) is 0. The Labute approximate surface area is 189 Å². The molecule has 1 unspecified atom stereocenters. The van der Waals surface area contributed by atoms with Crippen molar-refractivity contribution in [3.63, 3.8) is 0 Å². The topological polar surface area (TPSA) is 128 Å². The Hall–Kier alpha value is -4.64. The number of allylic oxidation sites excluding steroid dienone is 1. The van der Waals surface area contributed by atoms with Gasteiger partial charge in [0.05, 0.1) is 23.0 Å². The maximum atomic E-state index is 13.2. The van der Waals surface area contributed by atoms with Gasteiger partial charge in [-0.25, -0.2) is 4.79 Å². The molecule has 3 aromatic rings. The van der Waals surface area contributed by atoms with Crippen LogP contribution in [-0.4, -0.2) is 17.5 Å². The Morgan fingerprint density at radius 2 is 1.91 bits per heavy atom. The average molecular weight is 441 g/mol. The molecule has 1 heterocycles. The van der Waals surface area contributed by atoms with Crippen molar-refractivity contribution in [3.8, 4) is 6.07 Å². The summed E-state index contributed by atoms with van der Waals surface area (Å²) in [5.74, 6) is -1.74. The summed E-state index contributed by atoms with van der Waals surface area (Å²) in [7, 11) is 0. The third kappa shape index (κ3) is 3.88. The van der Waals surface area contributed by atoms with Crippen molar-refractivity contribution >= 4 is 28.2 Å². The second-order valence-electron chi connectivity index (χ2n) is 7.26. The summed E-state index contributed by atoms with van der Waals surface area (Å²) in [4.78, 5) is 24.0. The summed E-state index contributed by atoms with van der Waals surface area (Å²) >= 11 is 0. The number of hydrogen-bond acceptors (Lipinski definition) is 7. The number of fused-ring (bicyclic) bond motifs is 1. The predicted octanol–water partition coefficient (Wildman–Crippen LogP) is 4.53. The van der Waals surface area contributed by atoms with Gasteiger partial charge in [-0.05, 0) is 23.3 Å². The number of nitro groups is 1. The number of non-ortho nitro benzene ring substituents is 1. The standard InChI is InChI=1S/C25H19N3O5/c1-2-32-25(29)22-21(19-12-6-8-15-7-3-4-11-18(15)19)20(14-26)24(27)33-23(22)16-9-5-10-17(13-16)28(30)31/h3-13,21H,2,27H2,1H3. The zero-order chi connectivity index (χ0) is 23.5. The molecule has 0 saturated carbocycles. The second kappa shape index (κ2) is 8.85. The number of rotatable bonds is 5. The highest BCUT2D eigenvalue weighted by molar-refractivity contribution is 6.01. The molecule has 3 aromatic carbocycles. The number of nitro benzene ring substituents is 1. The number of nitriles is 1. The summed E-state index contributed by atoms with van der Waals surface area (Å²) in [6.45, 7) is 1.76. The van der Waals surface area contributed by atoms with Crippen LogP contribution >= 0.6 is 0 Å². The number of benzene rings is 3. The fourth-order valence-electron chi connectivity index (χ4n) is 3.96. The smallest absolute Gasteiger partial charge is 0.338 e. The molecule has 0 aliphatic carbocycles. The number of esters is 1. The number of hydrogen-bond donors (Lipinski definition) is 1. The van der Waals surface area contributed by atoms with Crippen LogP contribution in [0, 0.1) is 21.4 Å². The lowest BCUT2D eigenvalue weighted by atomic mass is 9.80. The molecule has 164 valence electrons. The maximum Gasteiger partial charge on any atom is 0.338 e. The number of carbonyl (C=O) groups is 1. The van der Waals surface area contributed by atoms with Gasteiger partial charge in [-0.3, -0.25) is 10.1 Å². The highest BCUT2D eigenvalue weighted by Gasteiger charge is 2.39. The van der Waals surface area contributed by atoms with E-state index in [-0.39, 0.29) is 40.6 Å². The molecular formula is C25H19N3O5. The van der Waals surface area contributed by atoms with Gasteiger partial charge in [0.2, 0.25) is 5.88 Å². The lowest BCUT2D eigenvalue weighted by Gasteiger charge is -2.29. The van der Waals surface area contributed by atoms with Crippen LogP contribution in [-0.2, 0) is 14.3 Å². The molecule has 33 heavy (non-hydrogen) atoms. The summed E-state index contributed by atoms with van der Waals surface area (Å²) < 4.78 is 11.1. The van der Waals surface area contributed by atoms with Crippen LogP contribution in [0.4, 0.5) is 5.69 Å². The molecule has 0 saturated heterocycles. The fraction of sp³-hybridized carbons (Fsp3) is 0.120. The highest BCUT2D eigenvalue weighted by Crippen LogP contribution is 2.45. The molecule has 0 radical (unpaired) electrons. The van der Waals surface area contributed by atoms with Gasteiger partial charge in [0.15, 0.2) is 0 Å². The summed E-state index contributed by atoms with van der Waals surface area (Å²) in [5, 5.41) is 23.0. The van der Waals surface area contributed by atoms with Crippen molar-refractivity contribution in [2.45, 2.75) is 12.8 Å². The average Bonchev–Trinajstić information content (AvgIpc) is 2.83. The first-order valence-corrected chi connectivity index (χ1v) is 10.2. The van der Waals surface area contributed by atoms with Gasteiger partial charge in [0.25, 0.3) is 5.69 Å². The fourth-order valence-corrected chi connectivity index (χ4v) is 3.96. The van der Waals surface area contributed by atoms with Crippen LogP contribution in [0.5, 0.6) is 0 Å². The molecular weight excluding hydrogens is 422 g/mol. The molecule has 0 amide bonds. The van der Waals surface area contributed by atoms with E-state index in [1.807, 2.05) is 42.5 Å². The Balaban J connectivity index is 2.05. The van der Waals surface area contributed by atoms with Crippen LogP contribution in [0.3, 0.4) is 0 Å². The molecule has 0 fully saturated rings. The molecule has 0 spiro atoms. The van der Waals surface area contributed by atoms with E-state index < -0.39 is 16.8 Å². The molecule has 1 atom stereocenters. The molecule has 4 rings (SSSR count). The van der Waals surface area contributed by atoms with Gasteiger partial charge in [0, 0.05) is 17.7 Å². The zero-order valence-corrected chi connectivity index (χ0v) is 17.6. The summed E-state index contributed by atoms with van der Waals surface area (Å²) in [6, 6.07) is 20.9. The van der Waals surface area contributed by atoms with Crippen LogP contribution < -0.4 is 5.73 Å². The summed E-state index contributed by atoms with van der Waals surface area (Å²) in [5.41, 5.74) is 7.02. The number of nitrogens with zero attached hydrogens (tertiary/aromatic N) is 2. The predicted molar refractivity (Wildman–Crippen MR) is 121 cm³/mol. The number of nitrogens with two attached hydrogens (primary N) is 1. The van der Waals surface area contributed by atoms with Crippen LogP contribution in [0.1, 0.15) is 24.0 Å². The number of ether oxygens (including phenoxy) is 2. The minimum absolute atomic E-state index is 0.0200. The molecule has 0 bridgehead atoms. The maximum absolute atomic E-state index is 13.2. The van der Waals surface area contributed by atoms with Gasteiger partial charge in [-0.1, -0.05) is 54.6 Å². The largest absolute Gasteiger partial charge is 0.463 e. The third-order valence-corrected chi connectivity index (χ3v) is 5.37. The van der Waals surface area contributed by atoms with Crippen molar-refractivity contribution in [2.75, 3.05) is 6.61 Å². The third-order valence-electron chi connectivity index (χ3n) is 5.37. The first-order valence-electron chi connectivity index (χ1n) is 10.2. The lowest BCUT2D eigenvalue weighted by molar-refractivity contribution is -0.384. The Morgan fingerprint density at radius 1 is 1.18 bits per heavy atom. The van der Waals surface area contributed by atoms with E-state index in [0.717, 1.165) is 10.8 Å². The SMILES string of the molecule is CCOC(=O)C1=C(c2cccc([N+](=O)[O-])c2)OC(N)=C(C#N)C1c1cccc2ccccc12. The molecule has 0 aromatic heterocycles. The second-order valence-corrected chi connectivity index (χ2v) is 7.26. The van der Waals surface area contributed by atoms with Gasteiger partial charge in [0.1, 0.15) is 17.4 Å². The van der Waals surface area contributed by atoms with E-state index in [1.165, 1.54) is 18.2 Å². The normalized spacial score (nSPS) is 15.7. The highest BCUT2D eigenvalue weighted by atomic mass is 16.6. The minimum Gasteiger partial charge on any atom is -0.463 e. The van der Waals surface area contributed by atoms with Gasteiger partial charge < -0.3 is 15.2 Å². The number of carbonyl (C=O) groups excluding carboxylic acids is 1. The zero-order valence-electron chi connectivity index (χ0n) is 17.6. The van der Waals surface area contributed by atoms with E-state index in [1.54, 1.807) is 13.0 Å². The van der Waals surface area contributed by atoms with Gasteiger partial charge >= 0.3 is 5.97 Å². The van der Waals surface area contributed by atoms with E-state index in [2.05, 4.69) is 6.07 Å². The minimum atomic E-state index is -0.886. The first-order chi connectivity index (χ1) is 16.0. The molecule has 8 heteroatoms. The van der Waals surface area contributed by atoms with Crippen LogP contribution in [0.2, 0.25) is 0 Å². The molecule has 8 nitrogen and oxygen atoms in total. The van der Waals surface area contributed by atoms with Gasteiger partial charge in [-0.15, -0.1) is 0 Å². The van der Waals surface area contributed by atoms with Gasteiger partial charge in [-0.2, -0.15) is 5.26 Å². The molecule has 2 N–H and O–H groups in total. The van der Waals surface area contributed by atoms with Crippen molar-refractivity contribution in [1.82, 2.24) is 0 Å². The van der Waals surface area contributed by atoms with Crippen molar-refractivity contribution in [1.29, 1.82) is 5.26 Å². The Kier molecular flexibility index (Phi) is 5.79. The van der Waals surface area contributed by atoms with Crippen molar-refractivity contribution < 1.29 is 19.2 Å². The van der Waals surface area contributed by atoms with E-state index in [4.69, 9.17) is 15.2 Å². The van der Waals surface area contributed by atoms with Crippen LogP contribution in [0.15, 0.2) is 83.8 Å². The van der Waals surface area contributed by atoms with E-state index >= 15 is 0 Å². The van der Waals surface area contributed by atoms with E-state index in [9.17, 15) is 20.2 Å². The van der Waals surface area contributed by atoms with E-state index in [0.29, 0.717) is 5.56 Å². The van der Waals surface area contributed by atoms with Crippen LogP contribution in [0.25, 0.3) is 16.5 Å². The quantitative estimate of drug-likeness (QED) is 0.350. The lowest BCUT2D eigenvalue weighted by Crippen LogP contribution is -2.26. The van der Waals surface area contributed by atoms with Crippen molar-refractivity contribution in [2.24, 2.45) is 5.73 Å². The molecule has 1 aliphatic rings.